The van der Waals surface area contributed by atoms with Crippen LogP contribution in [0.4, 0.5) is 26.3 Å². The second-order valence-corrected chi connectivity index (χ2v) is 9.73. The Balaban J connectivity index is 0.000000470. The predicted octanol–water partition coefficient (Wildman–Crippen LogP) is 5.47. The highest BCUT2D eigenvalue weighted by atomic mass is 19.4. The van der Waals surface area contributed by atoms with Crippen LogP contribution < -0.4 is 4.74 Å². The number of carboxylic acid groups (broad SMARTS) is 1. The fraction of sp³-hybridized carbons (Fsp3) is 0.385. The van der Waals surface area contributed by atoms with Crippen molar-refractivity contribution in [2.75, 3.05) is 13.1 Å². The summed E-state index contributed by atoms with van der Waals surface area (Å²) in [4.78, 5) is 42.2. The van der Waals surface area contributed by atoms with Gasteiger partial charge in [0.15, 0.2) is 5.78 Å². The highest BCUT2D eigenvalue weighted by Gasteiger charge is 2.44. The van der Waals surface area contributed by atoms with Gasteiger partial charge in [-0.3, -0.25) is 9.59 Å². The molecule has 3 heterocycles. The maximum atomic E-state index is 13.0. The number of hydrogen-bond acceptors (Lipinski definition) is 5. The van der Waals surface area contributed by atoms with Crippen LogP contribution in [0.1, 0.15) is 56.9 Å². The molecular weight excluding hydrogens is 548 g/mol. The van der Waals surface area contributed by atoms with Gasteiger partial charge in [-0.25, -0.2) is 9.78 Å². The molecule has 2 aromatic carbocycles. The Kier molecular flexibility index (Phi) is 7.32. The lowest BCUT2D eigenvalue weighted by molar-refractivity contribution is -0.192. The molecule has 0 aliphatic carbocycles. The summed E-state index contributed by atoms with van der Waals surface area (Å²) >= 11 is 0. The van der Waals surface area contributed by atoms with E-state index in [-0.39, 0.29) is 34.7 Å². The number of halogens is 6. The number of hydrogen-bond donors (Lipinski definition) is 2. The van der Waals surface area contributed by atoms with Crippen molar-refractivity contribution in [2.45, 2.75) is 51.1 Å². The van der Waals surface area contributed by atoms with Crippen LogP contribution in [0.3, 0.4) is 0 Å². The fourth-order valence-electron chi connectivity index (χ4n) is 4.60. The van der Waals surface area contributed by atoms with Crippen molar-refractivity contribution in [3.63, 3.8) is 0 Å². The summed E-state index contributed by atoms with van der Waals surface area (Å²) in [6, 6.07) is 8.05. The van der Waals surface area contributed by atoms with Crippen LogP contribution in [0.5, 0.6) is 5.75 Å². The summed E-state index contributed by atoms with van der Waals surface area (Å²) in [6.45, 7) is 4.71. The van der Waals surface area contributed by atoms with Gasteiger partial charge in [0.25, 0.3) is 5.91 Å². The molecule has 40 heavy (non-hydrogen) atoms. The smallest absolute Gasteiger partial charge is 0.486 e. The number of aromatic amines is 1. The van der Waals surface area contributed by atoms with Crippen LogP contribution in [0, 0.1) is 13.8 Å². The Morgan fingerprint density at radius 2 is 1.62 bits per heavy atom. The lowest BCUT2D eigenvalue weighted by Gasteiger charge is -2.44. The molecule has 5 rings (SSSR count). The van der Waals surface area contributed by atoms with Gasteiger partial charge < -0.3 is 19.7 Å². The average molecular weight is 571 g/mol. The number of H-pyrrole nitrogens is 1. The number of ketones is 1. The topological polar surface area (TPSA) is 113 Å². The molecule has 1 fully saturated rings. The third kappa shape index (κ3) is 5.89. The van der Waals surface area contributed by atoms with Crippen molar-refractivity contribution >= 4 is 28.7 Å². The quantitative estimate of drug-likeness (QED) is 0.375. The summed E-state index contributed by atoms with van der Waals surface area (Å²) in [5.41, 5.74) is 2.64. The molecule has 1 saturated heterocycles. The number of benzene rings is 2. The van der Waals surface area contributed by atoms with Gasteiger partial charge in [0.2, 0.25) is 5.82 Å². The number of likely N-dealkylation sites (tertiary alicyclic amines) is 1. The number of carboxylic acids is 1. The first kappa shape index (κ1) is 28.9. The van der Waals surface area contributed by atoms with Crippen molar-refractivity contribution in [1.29, 1.82) is 0 Å². The fourth-order valence-corrected chi connectivity index (χ4v) is 4.60. The summed E-state index contributed by atoms with van der Waals surface area (Å²) in [5.74, 6) is -3.48. The van der Waals surface area contributed by atoms with E-state index in [1.165, 1.54) is 18.2 Å². The number of ether oxygens (including phenoxy) is 1. The molecule has 0 unspecified atom stereocenters. The third-order valence-electron chi connectivity index (χ3n) is 6.91. The zero-order valence-electron chi connectivity index (χ0n) is 21.2. The van der Waals surface area contributed by atoms with Crippen LogP contribution in [0.15, 0.2) is 30.3 Å². The number of aliphatic carboxylic acids is 1. The summed E-state index contributed by atoms with van der Waals surface area (Å²) in [6.07, 6.45) is -8.40. The Labute approximate surface area is 222 Å². The average Bonchev–Trinajstić information content (AvgIpc) is 3.30. The highest BCUT2D eigenvalue weighted by molar-refractivity contribution is 6.01. The Morgan fingerprint density at radius 3 is 2.20 bits per heavy atom. The van der Waals surface area contributed by atoms with Gasteiger partial charge in [-0.05, 0) is 55.3 Å². The maximum absolute atomic E-state index is 13.0. The van der Waals surface area contributed by atoms with Gasteiger partial charge >= 0.3 is 18.3 Å². The molecule has 8 nitrogen and oxygen atoms in total. The molecule has 0 saturated carbocycles. The SMILES string of the molecule is Cc1cc2c(cc1C)C(=O)CC1(CCN(C(=O)c3ccc4nc(C(F)(F)F)[nH]c4c3)CC1)O2.O=C(O)C(F)(F)F. The number of aromatic nitrogens is 2. The molecule has 1 spiro atoms. The van der Waals surface area contributed by atoms with Crippen LogP contribution in [0.25, 0.3) is 11.0 Å². The van der Waals surface area contributed by atoms with Crippen molar-refractivity contribution in [2.24, 2.45) is 0 Å². The number of amides is 1. The first-order chi connectivity index (χ1) is 18.5. The molecule has 2 aliphatic heterocycles. The van der Waals surface area contributed by atoms with E-state index in [0.29, 0.717) is 37.2 Å². The molecule has 2 N–H and O–H groups in total. The van der Waals surface area contributed by atoms with Gasteiger partial charge in [0.1, 0.15) is 11.4 Å². The zero-order valence-corrected chi connectivity index (χ0v) is 21.2. The number of piperidine rings is 1. The Hall–Kier alpha value is -4.10. The van der Waals surface area contributed by atoms with Crippen molar-refractivity contribution in [1.82, 2.24) is 14.9 Å². The minimum atomic E-state index is -5.08. The summed E-state index contributed by atoms with van der Waals surface area (Å²) < 4.78 is 76.8. The molecule has 0 bridgehead atoms. The normalized spacial score (nSPS) is 16.7. The highest BCUT2D eigenvalue weighted by Crippen LogP contribution is 2.40. The van der Waals surface area contributed by atoms with Crippen LogP contribution in [-0.2, 0) is 11.0 Å². The maximum Gasteiger partial charge on any atom is 0.490 e. The monoisotopic (exact) mass is 571 g/mol. The van der Waals surface area contributed by atoms with E-state index in [9.17, 15) is 35.9 Å². The molecule has 1 aromatic heterocycles. The molecule has 214 valence electrons. The number of alkyl halides is 6. The van der Waals surface area contributed by atoms with E-state index in [1.54, 1.807) is 4.90 Å². The first-order valence-corrected chi connectivity index (χ1v) is 12.0. The minimum absolute atomic E-state index is 0.0456. The molecule has 1 amide bonds. The Morgan fingerprint density at radius 1 is 1.02 bits per heavy atom. The summed E-state index contributed by atoms with van der Waals surface area (Å²) in [7, 11) is 0. The second kappa shape index (κ2) is 10.1. The number of carbonyl (C=O) groups excluding carboxylic acids is 2. The summed E-state index contributed by atoms with van der Waals surface area (Å²) in [5, 5.41) is 7.12. The number of aryl methyl sites for hydroxylation is 2. The van der Waals surface area contributed by atoms with E-state index >= 15 is 0 Å². The van der Waals surface area contributed by atoms with Gasteiger partial charge in [-0.1, -0.05) is 0 Å². The molecule has 0 radical (unpaired) electrons. The van der Waals surface area contributed by atoms with Crippen LogP contribution in [-0.4, -0.2) is 62.5 Å². The number of nitrogens with zero attached hydrogens (tertiary/aromatic N) is 2. The number of nitrogens with one attached hydrogen (secondary N) is 1. The van der Waals surface area contributed by atoms with Crippen LogP contribution >= 0.6 is 0 Å². The minimum Gasteiger partial charge on any atom is -0.486 e. The van der Waals surface area contributed by atoms with Gasteiger partial charge in [0.05, 0.1) is 23.0 Å². The predicted molar refractivity (Wildman–Crippen MR) is 128 cm³/mol. The van der Waals surface area contributed by atoms with Crippen molar-refractivity contribution in [3.8, 4) is 5.75 Å². The number of fused-ring (bicyclic) bond motifs is 2. The number of Topliss-reactive ketones (excluding diaryl/α,β-unsaturated/α-hetero) is 1. The van der Waals surface area contributed by atoms with E-state index in [4.69, 9.17) is 14.6 Å². The lowest BCUT2D eigenvalue weighted by atomic mass is 9.81. The van der Waals surface area contributed by atoms with Gasteiger partial charge in [0, 0.05) is 31.5 Å². The van der Waals surface area contributed by atoms with Crippen molar-refractivity contribution < 1.29 is 50.6 Å². The first-order valence-electron chi connectivity index (χ1n) is 12.0. The third-order valence-corrected chi connectivity index (χ3v) is 6.91. The number of carbonyl (C=O) groups is 3. The van der Waals surface area contributed by atoms with Crippen molar-refractivity contribution in [3.05, 3.63) is 58.4 Å². The standard InChI is InChI=1S/C24H22F3N3O3.C2HF3O2/c1-13-9-16-19(31)12-23(33-20(16)10-14(13)2)5-7-30(8-6-23)21(32)15-3-4-17-18(11-15)29-22(28-17)24(25,26)27;3-2(4,5)1(6)7/h3-4,9-11H,5-8,12H2,1-2H3,(H,28,29);(H,6,7). The number of imidazole rings is 1. The van der Waals surface area contributed by atoms with E-state index in [0.717, 1.165) is 11.1 Å². The second-order valence-electron chi connectivity index (χ2n) is 9.73. The lowest BCUT2D eigenvalue weighted by Crippen LogP contribution is -2.52. The molecule has 3 aromatic rings. The van der Waals surface area contributed by atoms with Crippen LogP contribution in [0.2, 0.25) is 0 Å². The molecule has 2 aliphatic rings. The number of rotatable bonds is 1. The zero-order chi connectivity index (χ0) is 29.6. The van der Waals surface area contributed by atoms with E-state index in [1.807, 2.05) is 26.0 Å². The molecule has 0 atom stereocenters. The van der Waals surface area contributed by atoms with Gasteiger partial charge in [-0.15, -0.1) is 0 Å². The van der Waals surface area contributed by atoms with Gasteiger partial charge in [-0.2, -0.15) is 26.3 Å². The molecule has 14 heteroatoms. The van der Waals surface area contributed by atoms with E-state index in [2.05, 4.69) is 9.97 Å². The largest absolute Gasteiger partial charge is 0.490 e. The molecular formula is C26H23F6N3O5. The van der Waals surface area contributed by atoms with E-state index < -0.39 is 29.7 Å². The Bertz CT molecular complexity index is 1490.